The van der Waals surface area contributed by atoms with Crippen LogP contribution in [-0.2, 0) is 0 Å². The Labute approximate surface area is 164 Å². The normalized spacial score (nSPS) is 16.1. The molecule has 2 aromatic carbocycles. The molecular formula is C20H23ClN2O4. The maximum atomic E-state index is 12.9. The molecule has 144 valence electrons. The van der Waals surface area contributed by atoms with Crippen molar-refractivity contribution in [2.75, 3.05) is 33.2 Å². The molecule has 2 amide bonds. The summed E-state index contributed by atoms with van der Waals surface area (Å²) in [5.41, 5.74) is 1.54. The second-order valence-electron chi connectivity index (χ2n) is 6.22. The zero-order valence-electron chi connectivity index (χ0n) is 15.6. The lowest BCUT2D eigenvalue weighted by Crippen LogP contribution is -2.34. The van der Waals surface area contributed by atoms with Crippen molar-refractivity contribution >= 4 is 23.3 Å². The fourth-order valence-electron chi connectivity index (χ4n) is 3.43. The molecule has 1 aliphatic rings. The zero-order valence-corrected chi connectivity index (χ0v) is 16.4. The number of hydrogen-bond acceptors (Lipinski definition) is 4. The number of nitrogens with one attached hydrogen (secondary N) is 1. The SMILES string of the molecule is COc1cc(NC(=O)N2CCC[C@@H]2c2ccccc2Cl)cc(OC)c1OC. The highest BCUT2D eigenvalue weighted by Gasteiger charge is 2.31. The number of nitrogens with zero attached hydrogens (tertiary/aromatic N) is 1. The molecule has 6 nitrogen and oxygen atoms in total. The highest BCUT2D eigenvalue weighted by Crippen LogP contribution is 2.41. The average molecular weight is 391 g/mol. The number of amides is 2. The molecule has 1 saturated heterocycles. The first-order valence-electron chi connectivity index (χ1n) is 8.71. The van der Waals surface area contributed by atoms with Crippen LogP contribution in [0.15, 0.2) is 36.4 Å². The van der Waals surface area contributed by atoms with Crippen molar-refractivity contribution in [1.29, 1.82) is 0 Å². The predicted molar refractivity (Wildman–Crippen MR) is 105 cm³/mol. The van der Waals surface area contributed by atoms with Gasteiger partial charge in [0.25, 0.3) is 0 Å². The molecule has 1 aliphatic heterocycles. The minimum atomic E-state index is -0.188. The minimum Gasteiger partial charge on any atom is -0.493 e. The molecule has 0 saturated carbocycles. The second kappa shape index (κ2) is 8.39. The van der Waals surface area contributed by atoms with Crippen LogP contribution in [0.3, 0.4) is 0 Å². The van der Waals surface area contributed by atoms with E-state index in [9.17, 15) is 4.79 Å². The van der Waals surface area contributed by atoms with E-state index in [0.717, 1.165) is 18.4 Å². The van der Waals surface area contributed by atoms with E-state index in [1.54, 1.807) is 12.1 Å². The fraction of sp³-hybridized carbons (Fsp3) is 0.350. The van der Waals surface area contributed by atoms with Gasteiger partial charge in [0, 0.05) is 23.7 Å². The van der Waals surface area contributed by atoms with Crippen LogP contribution < -0.4 is 19.5 Å². The van der Waals surface area contributed by atoms with Gasteiger partial charge in [-0.15, -0.1) is 0 Å². The summed E-state index contributed by atoms with van der Waals surface area (Å²) in [4.78, 5) is 14.7. The molecule has 1 atom stereocenters. The van der Waals surface area contributed by atoms with Gasteiger partial charge in [0.05, 0.1) is 33.1 Å². The zero-order chi connectivity index (χ0) is 19.4. The van der Waals surface area contributed by atoms with E-state index in [1.165, 1.54) is 21.3 Å². The molecule has 1 fully saturated rings. The molecule has 0 unspecified atom stereocenters. The quantitative estimate of drug-likeness (QED) is 0.801. The van der Waals surface area contributed by atoms with E-state index >= 15 is 0 Å². The Hall–Kier alpha value is -2.60. The smallest absolute Gasteiger partial charge is 0.322 e. The topological polar surface area (TPSA) is 60.0 Å². The lowest BCUT2D eigenvalue weighted by Gasteiger charge is -2.26. The predicted octanol–water partition coefficient (Wildman–Crippen LogP) is 4.73. The van der Waals surface area contributed by atoms with Gasteiger partial charge in [0.15, 0.2) is 11.5 Å². The van der Waals surface area contributed by atoms with Crippen LogP contribution in [0.25, 0.3) is 0 Å². The Kier molecular flexibility index (Phi) is 5.96. The molecule has 0 aromatic heterocycles. The number of methoxy groups -OCH3 is 3. The van der Waals surface area contributed by atoms with E-state index in [4.69, 9.17) is 25.8 Å². The highest BCUT2D eigenvalue weighted by atomic mass is 35.5. The van der Waals surface area contributed by atoms with Gasteiger partial charge in [-0.05, 0) is 24.5 Å². The summed E-state index contributed by atoms with van der Waals surface area (Å²) in [5, 5.41) is 3.61. The van der Waals surface area contributed by atoms with Crippen LogP contribution in [0, 0.1) is 0 Å². The van der Waals surface area contributed by atoms with Gasteiger partial charge in [-0.3, -0.25) is 0 Å². The van der Waals surface area contributed by atoms with Crippen molar-refractivity contribution in [2.45, 2.75) is 18.9 Å². The van der Waals surface area contributed by atoms with Gasteiger partial charge >= 0.3 is 6.03 Å². The second-order valence-corrected chi connectivity index (χ2v) is 6.62. The molecule has 27 heavy (non-hydrogen) atoms. The Balaban J connectivity index is 1.83. The first-order chi connectivity index (χ1) is 13.1. The van der Waals surface area contributed by atoms with Gasteiger partial charge in [-0.1, -0.05) is 29.8 Å². The molecule has 0 bridgehead atoms. The van der Waals surface area contributed by atoms with Crippen molar-refractivity contribution < 1.29 is 19.0 Å². The standard InChI is InChI=1S/C20H23ClN2O4/c1-25-17-11-13(12-18(26-2)19(17)27-3)22-20(24)23-10-6-9-16(23)14-7-4-5-8-15(14)21/h4-5,7-8,11-12,16H,6,9-10H2,1-3H3,(H,22,24)/t16-/m1/s1. The summed E-state index contributed by atoms with van der Waals surface area (Å²) < 4.78 is 16.0. The average Bonchev–Trinajstić information content (AvgIpc) is 3.17. The van der Waals surface area contributed by atoms with Crippen molar-refractivity contribution in [1.82, 2.24) is 4.90 Å². The molecular weight excluding hydrogens is 368 g/mol. The van der Waals surface area contributed by atoms with Crippen molar-refractivity contribution in [3.8, 4) is 17.2 Å². The van der Waals surface area contributed by atoms with Gasteiger partial charge < -0.3 is 24.4 Å². The lowest BCUT2D eigenvalue weighted by atomic mass is 10.0. The number of urea groups is 1. The highest BCUT2D eigenvalue weighted by molar-refractivity contribution is 6.31. The molecule has 0 spiro atoms. The van der Waals surface area contributed by atoms with E-state index in [-0.39, 0.29) is 12.1 Å². The minimum absolute atomic E-state index is 0.0410. The number of benzene rings is 2. The van der Waals surface area contributed by atoms with E-state index in [0.29, 0.717) is 34.5 Å². The van der Waals surface area contributed by atoms with E-state index in [2.05, 4.69) is 5.32 Å². The van der Waals surface area contributed by atoms with Crippen LogP contribution in [-0.4, -0.2) is 38.8 Å². The lowest BCUT2D eigenvalue weighted by molar-refractivity contribution is 0.207. The first kappa shape index (κ1) is 19.2. The van der Waals surface area contributed by atoms with Gasteiger partial charge in [-0.2, -0.15) is 0 Å². The Morgan fingerprint density at radius 1 is 1.11 bits per heavy atom. The maximum Gasteiger partial charge on any atom is 0.322 e. The number of halogens is 1. The van der Waals surface area contributed by atoms with Crippen molar-refractivity contribution in [3.63, 3.8) is 0 Å². The number of carbonyl (C=O) groups is 1. The first-order valence-corrected chi connectivity index (χ1v) is 9.09. The summed E-state index contributed by atoms with van der Waals surface area (Å²) in [6, 6.07) is 10.8. The van der Waals surface area contributed by atoms with Gasteiger partial charge in [-0.25, -0.2) is 4.79 Å². The van der Waals surface area contributed by atoms with E-state index in [1.807, 2.05) is 29.2 Å². The summed E-state index contributed by atoms with van der Waals surface area (Å²) in [5.74, 6) is 1.44. The van der Waals surface area contributed by atoms with Crippen LogP contribution >= 0.6 is 11.6 Å². The van der Waals surface area contributed by atoms with Crippen LogP contribution in [0.2, 0.25) is 5.02 Å². The molecule has 3 rings (SSSR count). The summed E-state index contributed by atoms with van der Waals surface area (Å²) in [6.45, 7) is 0.673. The van der Waals surface area contributed by atoms with Crippen molar-refractivity contribution in [2.24, 2.45) is 0 Å². The number of likely N-dealkylation sites (tertiary alicyclic amines) is 1. The number of anilines is 1. The third-order valence-corrected chi connectivity index (χ3v) is 5.04. The Bertz CT molecular complexity index is 802. The number of ether oxygens (including phenoxy) is 3. The number of hydrogen-bond donors (Lipinski definition) is 1. The molecule has 7 heteroatoms. The third kappa shape index (κ3) is 3.90. The van der Waals surface area contributed by atoms with Gasteiger partial charge in [0.2, 0.25) is 5.75 Å². The monoisotopic (exact) mass is 390 g/mol. The summed E-state index contributed by atoms with van der Waals surface area (Å²) in [7, 11) is 4.62. The molecule has 1 heterocycles. The van der Waals surface area contributed by atoms with Crippen LogP contribution in [0.4, 0.5) is 10.5 Å². The maximum absolute atomic E-state index is 12.9. The fourth-order valence-corrected chi connectivity index (χ4v) is 3.69. The summed E-state index contributed by atoms with van der Waals surface area (Å²) in [6.07, 6.45) is 1.81. The molecule has 1 N–H and O–H groups in total. The van der Waals surface area contributed by atoms with Crippen molar-refractivity contribution in [3.05, 3.63) is 47.0 Å². The molecule has 0 aliphatic carbocycles. The number of rotatable bonds is 5. The Morgan fingerprint density at radius 3 is 2.37 bits per heavy atom. The summed E-state index contributed by atoms with van der Waals surface area (Å²) >= 11 is 6.34. The Morgan fingerprint density at radius 2 is 1.78 bits per heavy atom. The molecule has 0 radical (unpaired) electrons. The molecule has 2 aromatic rings. The number of carbonyl (C=O) groups excluding carboxylic acids is 1. The van der Waals surface area contributed by atoms with Crippen LogP contribution in [0.5, 0.6) is 17.2 Å². The third-order valence-electron chi connectivity index (χ3n) is 4.69. The van der Waals surface area contributed by atoms with Crippen LogP contribution in [0.1, 0.15) is 24.4 Å². The largest absolute Gasteiger partial charge is 0.493 e. The van der Waals surface area contributed by atoms with Gasteiger partial charge in [0.1, 0.15) is 0 Å². The van der Waals surface area contributed by atoms with E-state index < -0.39 is 0 Å².